The molecule has 0 aliphatic carbocycles. The molecule has 0 atom stereocenters. The zero-order valence-corrected chi connectivity index (χ0v) is 17.0. The van der Waals surface area contributed by atoms with Gasteiger partial charge < -0.3 is 19.7 Å². The molecule has 8 heteroatoms. The molecule has 1 N–H and O–H groups in total. The molecular weight excluding hydrogens is 391 g/mol. The van der Waals surface area contributed by atoms with Crippen LogP contribution in [-0.4, -0.2) is 49.5 Å². The highest BCUT2D eigenvalue weighted by atomic mass is 19.1. The third kappa shape index (κ3) is 7.29. The van der Waals surface area contributed by atoms with Crippen molar-refractivity contribution < 1.29 is 28.2 Å². The van der Waals surface area contributed by atoms with Crippen LogP contribution in [-0.2, 0) is 32.2 Å². The molecule has 2 amide bonds. The maximum Gasteiger partial charge on any atom is 0.338 e. The molecule has 0 saturated carbocycles. The van der Waals surface area contributed by atoms with Gasteiger partial charge >= 0.3 is 5.97 Å². The van der Waals surface area contributed by atoms with Crippen molar-refractivity contribution in [2.45, 2.75) is 20.1 Å². The Balaban J connectivity index is 1.79. The number of rotatable bonds is 10. The smallest absolute Gasteiger partial charge is 0.338 e. The van der Waals surface area contributed by atoms with Gasteiger partial charge in [-0.05, 0) is 42.3 Å². The minimum atomic E-state index is -0.621. The zero-order chi connectivity index (χ0) is 21.9. The van der Waals surface area contributed by atoms with Crippen LogP contribution in [0.15, 0.2) is 48.5 Å². The first-order valence-corrected chi connectivity index (χ1v) is 9.46. The standard InChI is InChI=1S/C22H25FN2O5/c1-3-25(13-20(26)24-12-16-6-10-19(23)11-7-16)21(27)15-30-22(28)18-8-4-17(5-9-18)14-29-2/h4-11H,3,12-15H2,1-2H3,(H,24,26). The Morgan fingerprint density at radius 1 is 1.00 bits per heavy atom. The molecule has 0 aliphatic heterocycles. The zero-order valence-electron chi connectivity index (χ0n) is 17.0. The van der Waals surface area contributed by atoms with Gasteiger partial charge in [0.15, 0.2) is 6.61 Å². The number of amides is 2. The highest BCUT2D eigenvalue weighted by Crippen LogP contribution is 2.07. The minimum Gasteiger partial charge on any atom is -0.452 e. The van der Waals surface area contributed by atoms with Gasteiger partial charge in [0.05, 0.1) is 18.7 Å². The largest absolute Gasteiger partial charge is 0.452 e. The molecule has 2 aromatic rings. The average Bonchev–Trinajstić information content (AvgIpc) is 2.76. The average molecular weight is 416 g/mol. The van der Waals surface area contributed by atoms with Gasteiger partial charge in [-0.1, -0.05) is 24.3 Å². The fourth-order valence-electron chi connectivity index (χ4n) is 2.61. The van der Waals surface area contributed by atoms with Gasteiger partial charge in [-0.2, -0.15) is 0 Å². The van der Waals surface area contributed by atoms with Crippen molar-refractivity contribution in [3.63, 3.8) is 0 Å². The maximum absolute atomic E-state index is 12.9. The molecule has 7 nitrogen and oxygen atoms in total. The lowest BCUT2D eigenvalue weighted by Gasteiger charge is -2.20. The van der Waals surface area contributed by atoms with Crippen molar-refractivity contribution >= 4 is 17.8 Å². The normalized spacial score (nSPS) is 10.4. The van der Waals surface area contributed by atoms with Gasteiger partial charge in [-0.25, -0.2) is 9.18 Å². The molecule has 0 unspecified atom stereocenters. The molecule has 0 aliphatic rings. The van der Waals surface area contributed by atoms with Crippen molar-refractivity contribution in [1.29, 1.82) is 0 Å². The number of carbonyl (C=O) groups is 3. The Morgan fingerprint density at radius 3 is 2.23 bits per heavy atom. The van der Waals surface area contributed by atoms with E-state index in [0.717, 1.165) is 11.1 Å². The van der Waals surface area contributed by atoms with Crippen LogP contribution in [0.25, 0.3) is 0 Å². The van der Waals surface area contributed by atoms with Crippen molar-refractivity contribution in [3.05, 3.63) is 71.0 Å². The molecule has 2 aromatic carbocycles. The summed E-state index contributed by atoms with van der Waals surface area (Å²) in [6.07, 6.45) is 0. The number of hydrogen-bond donors (Lipinski definition) is 1. The summed E-state index contributed by atoms with van der Waals surface area (Å²) in [5, 5.41) is 2.67. The van der Waals surface area contributed by atoms with E-state index in [9.17, 15) is 18.8 Å². The first-order valence-electron chi connectivity index (χ1n) is 9.46. The number of ether oxygens (including phenoxy) is 2. The van der Waals surface area contributed by atoms with Crippen LogP contribution in [0.3, 0.4) is 0 Å². The number of carbonyl (C=O) groups excluding carboxylic acids is 3. The molecule has 0 heterocycles. The lowest BCUT2D eigenvalue weighted by molar-refractivity contribution is -0.138. The van der Waals surface area contributed by atoms with Crippen LogP contribution < -0.4 is 5.32 Å². The number of hydrogen-bond acceptors (Lipinski definition) is 5. The summed E-state index contributed by atoms with van der Waals surface area (Å²) < 4.78 is 23.0. The fraction of sp³-hybridized carbons (Fsp3) is 0.318. The van der Waals surface area contributed by atoms with E-state index in [4.69, 9.17) is 9.47 Å². The van der Waals surface area contributed by atoms with E-state index in [1.165, 1.54) is 17.0 Å². The Labute approximate surface area is 174 Å². The van der Waals surface area contributed by atoms with Crippen LogP contribution in [0.4, 0.5) is 4.39 Å². The molecule has 0 saturated heterocycles. The maximum atomic E-state index is 12.9. The quantitative estimate of drug-likeness (QED) is 0.601. The summed E-state index contributed by atoms with van der Waals surface area (Å²) >= 11 is 0. The second-order valence-corrected chi connectivity index (χ2v) is 6.52. The molecule has 0 radical (unpaired) electrons. The molecule has 160 valence electrons. The predicted molar refractivity (Wildman–Crippen MR) is 108 cm³/mol. The van der Waals surface area contributed by atoms with Gasteiger partial charge in [0.25, 0.3) is 5.91 Å². The highest BCUT2D eigenvalue weighted by molar-refractivity contribution is 5.92. The topological polar surface area (TPSA) is 84.9 Å². The number of halogens is 1. The van der Waals surface area contributed by atoms with Crippen molar-refractivity contribution in [1.82, 2.24) is 10.2 Å². The number of esters is 1. The summed E-state index contributed by atoms with van der Waals surface area (Å²) in [7, 11) is 1.58. The van der Waals surface area contributed by atoms with Crippen LogP contribution in [0, 0.1) is 5.82 Å². The van der Waals surface area contributed by atoms with E-state index in [1.807, 2.05) is 0 Å². The predicted octanol–water partition coefficient (Wildman–Crippen LogP) is 2.29. The first-order chi connectivity index (χ1) is 14.4. The van der Waals surface area contributed by atoms with Gasteiger partial charge in [-0.3, -0.25) is 9.59 Å². The Kier molecular flexibility index (Phi) is 8.96. The first kappa shape index (κ1) is 23.0. The van der Waals surface area contributed by atoms with E-state index in [1.54, 1.807) is 50.4 Å². The van der Waals surface area contributed by atoms with Crippen molar-refractivity contribution in [3.8, 4) is 0 Å². The van der Waals surface area contributed by atoms with Crippen LogP contribution in [0.5, 0.6) is 0 Å². The summed E-state index contributed by atoms with van der Waals surface area (Å²) in [4.78, 5) is 37.8. The summed E-state index contributed by atoms with van der Waals surface area (Å²) in [6.45, 7) is 2.03. The van der Waals surface area contributed by atoms with Gasteiger partial charge in [0, 0.05) is 20.2 Å². The molecule has 0 aromatic heterocycles. The second-order valence-electron chi connectivity index (χ2n) is 6.52. The number of nitrogens with zero attached hydrogens (tertiary/aromatic N) is 1. The van der Waals surface area contributed by atoms with E-state index in [2.05, 4.69) is 5.32 Å². The van der Waals surface area contributed by atoms with Crippen LogP contribution in [0.1, 0.15) is 28.4 Å². The lowest BCUT2D eigenvalue weighted by atomic mass is 10.1. The summed E-state index contributed by atoms with van der Waals surface area (Å²) in [5.74, 6) is -1.81. The molecule has 0 fully saturated rings. The number of likely N-dealkylation sites (N-methyl/N-ethyl adjacent to an activating group) is 1. The lowest BCUT2D eigenvalue weighted by Crippen LogP contribution is -2.42. The van der Waals surface area contributed by atoms with Crippen LogP contribution >= 0.6 is 0 Å². The van der Waals surface area contributed by atoms with E-state index in [-0.39, 0.29) is 31.4 Å². The van der Waals surface area contributed by atoms with Crippen molar-refractivity contribution in [2.75, 3.05) is 26.8 Å². The van der Waals surface area contributed by atoms with E-state index in [0.29, 0.717) is 12.2 Å². The Bertz CT molecular complexity index is 853. The SMILES string of the molecule is CCN(CC(=O)NCc1ccc(F)cc1)C(=O)COC(=O)c1ccc(COC)cc1. The monoisotopic (exact) mass is 416 g/mol. The Morgan fingerprint density at radius 2 is 1.63 bits per heavy atom. The third-order valence-electron chi connectivity index (χ3n) is 4.30. The van der Waals surface area contributed by atoms with E-state index >= 15 is 0 Å². The van der Waals surface area contributed by atoms with Gasteiger partial charge in [-0.15, -0.1) is 0 Å². The minimum absolute atomic E-state index is 0.167. The van der Waals surface area contributed by atoms with E-state index < -0.39 is 18.5 Å². The highest BCUT2D eigenvalue weighted by Gasteiger charge is 2.18. The molecule has 0 spiro atoms. The Hall–Kier alpha value is -3.26. The summed E-state index contributed by atoms with van der Waals surface area (Å²) in [6, 6.07) is 12.4. The van der Waals surface area contributed by atoms with Crippen LogP contribution in [0.2, 0.25) is 0 Å². The molecule has 0 bridgehead atoms. The number of nitrogens with one attached hydrogen (secondary N) is 1. The number of methoxy groups -OCH3 is 1. The van der Waals surface area contributed by atoms with Gasteiger partial charge in [0.2, 0.25) is 5.91 Å². The fourth-order valence-corrected chi connectivity index (χ4v) is 2.61. The second kappa shape index (κ2) is 11.7. The van der Waals surface area contributed by atoms with Crippen molar-refractivity contribution in [2.24, 2.45) is 0 Å². The van der Waals surface area contributed by atoms with Gasteiger partial charge in [0.1, 0.15) is 5.82 Å². The molecular formula is C22H25FN2O5. The third-order valence-corrected chi connectivity index (χ3v) is 4.30. The summed E-state index contributed by atoms with van der Waals surface area (Å²) in [5.41, 5.74) is 1.97. The molecule has 30 heavy (non-hydrogen) atoms. The molecule has 2 rings (SSSR count). The number of benzene rings is 2.